The van der Waals surface area contributed by atoms with Crippen LogP contribution in [-0.2, 0) is 6.18 Å². The van der Waals surface area contributed by atoms with Gasteiger partial charge < -0.3 is 5.32 Å². The highest BCUT2D eigenvalue weighted by Crippen LogP contribution is 2.30. The third-order valence-corrected chi connectivity index (χ3v) is 3.52. The van der Waals surface area contributed by atoms with Gasteiger partial charge in [0, 0.05) is 17.3 Å². The maximum Gasteiger partial charge on any atom is 0.417 e. The van der Waals surface area contributed by atoms with Gasteiger partial charge in [0.05, 0.1) is 16.8 Å². The van der Waals surface area contributed by atoms with Crippen LogP contribution in [-0.4, -0.2) is 17.1 Å². The smallest absolute Gasteiger partial charge is 0.321 e. The van der Waals surface area contributed by atoms with Crippen molar-refractivity contribution in [3.05, 3.63) is 53.6 Å². The Morgan fingerprint density at radius 3 is 2.59 bits per heavy atom. The summed E-state index contributed by atoms with van der Waals surface area (Å²) in [7, 11) is 0. The maximum atomic E-state index is 13.1. The number of amides is 1. The molecule has 0 unspecified atom stereocenters. The molecule has 2 rings (SSSR count). The number of thioether (sulfide) groups is 1. The number of rotatable bonds is 3. The predicted molar refractivity (Wildman–Crippen MR) is 75.4 cm³/mol. The van der Waals surface area contributed by atoms with E-state index in [1.165, 1.54) is 23.9 Å². The van der Waals surface area contributed by atoms with Crippen LogP contribution in [0.5, 0.6) is 0 Å². The van der Waals surface area contributed by atoms with Gasteiger partial charge in [-0.1, -0.05) is 0 Å². The fourth-order valence-corrected chi connectivity index (χ4v) is 2.25. The van der Waals surface area contributed by atoms with Gasteiger partial charge in [-0.05, 0) is 30.5 Å². The number of halogens is 4. The summed E-state index contributed by atoms with van der Waals surface area (Å²) < 4.78 is 50.9. The monoisotopic (exact) mass is 330 g/mol. The molecule has 0 atom stereocenters. The van der Waals surface area contributed by atoms with Crippen molar-refractivity contribution in [3.63, 3.8) is 0 Å². The van der Waals surface area contributed by atoms with Crippen LogP contribution in [0.1, 0.15) is 15.9 Å². The fraction of sp³-hybridized carbons (Fsp3) is 0.143. The minimum Gasteiger partial charge on any atom is -0.321 e. The van der Waals surface area contributed by atoms with Crippen LogP contribution >= 0.6 is 11.8 Å². The first-order valence-corrected chi connectivity index (χ1v) is 7.21. The molecular formula is C14H10F4N2OS. The van der Waals surface area contributed by atoms with Crippen LogP contribution in [0.3, 0.4) is 0 Å². The lowest BCUT2D eigenvalue weighted by molar-refractivity contribution is -0.137. The molecule has 0 fully saturated rings. The average Bonchev–Trinajstić information content (AvgIpc) is 2.48. The summed E-state index contributed by atoms with van der Waals surface area (Å²) in [4.78, 5) is 15.9. The number of anilines is 1. The molecule has 1 N–H and O–H groups in total. The highest BCUT2D eigenvalue weighted by Gasteiger charge is 2.31. The van der Waals surface area contributed by atoms with Gasteiger partial charge >= 0.3 is 6.18 Å². The lowest BCUT2D eigenvalue weighted by Gasteiger charge is -2.11. The number of alkyl halides is 3. The van der Waals surface area contributed by atoms with Crippen LogP contribution in [0.2, 0.25) is 0 Å². The molecule has 0 aliphatic heterocycles. The van der Waals surface area contributed by atoms with Crippen molar-refractivity contribution in [2.75, 3.05) is 11.6 Å². The van der Waals surface area contributed by atoms with E-state index in [1.54, 1.807) is 6.26 Å². The summed E-state index contributed by atoms with van der Waals surface area (Å²) in [5.74, 6) is -1.22. The molecule has 0 bridgehead atoms. The molecule has 8 heteroatoms. The number of hydrogen-bond donors (Lipinski definition) is 1. The Morgan fingerprint density at radius 2 is 1.95 bits per heavy atom. The number of aromatic nitrogens is 1. The van der Waals surface area contributed by atoms with Gasteiger partial charge in [-0.15, -0.1) is 11.8 Å². The molecule has 0 saturated heterocycles. The third kappa shape index (κ3) is 3.76. The topological polar surface area (TPSA) is 42.0 Å². The number of carbonyl (C=O) groups excluding carboxylic acids is 1. The minimum atomic E-state index is -4.58. The molecule has 0 saturated carbocycles. The zero-order chi connectivity index (χ0) is 16.3. The van der Waals surface area contributed by atoms with Gasteiger partial charge in [0.15, 0.2) is 0 Å². The van der Waals surface area contributed by atoms with Crippen LogP contribution in [0, 0.1) is 5.82 Å². The van der Waals surface area contributed by atoms with Crippen molar-refractivity contribution in [2.24, 2.45) is 0 Å². The molecule has 22 heavy (non-hydrogen) atoms. The van der Waals surface area contributed by atoms with Crippen LogP contribution < -0.4 is 5.32 Å². The van der Waals surface area contributed by atoms with Crippen molar-refractivity contribution in [1.82, 2.24) is 4.98 Å². The van der Waals surface area contributed by atoms with E-state index in [1.807, 2.05) is 0 Å². The minimum absolute atomic E-state index is 0.230. The summed E-state index contributed by atoms with van der Waals surface area (Å²) in [5, 5.41) is 2.45. The Balaban J connectivity index is 2.27. The Morgan fingerprint density at radius 1 is 1.23 bits per heavy atom. The van der Waals surface area contributed by atoms with Crippen LogP contribution in [0.4, 0.5) is 23.2 Å². The van der Waals surface area contributed by atoms with Crippen molar-refractivity contribution < 1.29 is 22.4 Å². The van der Waals surface area contributed by atoms with Gasteiger partial charge in [0.25, 0.3) is 5.91 Å². The van der Waals surface area contributed by atoms with E-state index < -0.39 is 23.5 Å². The molecule has 0 radical (unpaired) electrons. The summed E-state index contributed by atoms with van der Waals surface area (Å²) in [6, 6.07) is 4.44. The van der Waals surface area contributed by atoms with E-state index in [9.17, 15) is 22.4 Å². The van der Waals surface area contributed by atoms with Crippen molar-refractivity contribution in [1.29, 1.82) is 0 Å². The highest BCUT2D eigenvalue weighted by molar-refractivity contribution is 7.98. The summed E-state index contributed by atoms with van der Waals surface area (Å²) >= 11 is 1.20. The van der Waals surface area contributed by atoms with Crippen molar-refractivity contribution in [3.8, 4) is 0 Å². The summed E-state index contributed by atoms with van der Waals surface area (Å²) in [5.41, 5.74) is -0.924. The first-order chi connectivity index (χ1) is 10.3. The van der Waals surface area contributed by atoms with E-state index in [0.29, 0.717) is 22.8 Å². The zero-order valence-corrected chi connectivity index (χ0v) is 12.1. The van der Waals surface area contributed by atoms with Gasteiger partial charge in [0.2, 0.25) is 0 Å². The van der Waals surface area contributed by atoms with Gasteiger partial charge in [-0.25, -0.2) is 4.39 Å². The number of nitrogens with zero attached hydrogens (tertiary/aromatic N) is 1. The first kappa shape index (κ1) is 16.3. The van der Waals surface area contributed by atoms with Gasteiger partial charge in [-0.2, -0.15) is 13.2 Å². The molecule has 2 aromatic rings. The fourth-order valence-electron chi connectivity index (χ4n) is 1.68. The standard InChI is InChI=1S/C14H10F4N2OS/c1-22-12-5-10(15)2-3-11(12)20-13(21)8-4-9(7-19-6-8)14(16,17)18/h2-7H,1H3,(H,20,21). The molecular weight excluding hydrogens is 320 g/mol. The zero-order valence-electron chi connectivity index (χ0n) is 11.2. The normalized spacial score (nSPS) is 11.3. The molecule has 1 aromatic heterocycles. The Hall–Kier alpha value is -2.09. The Bertz CT molecular complexity index is 703. The lowest BCUT2D eigenvalue weighted by Crippen LogP contribution is -2.15. The second kappa shape index (κ2) is 6.35. The van der Waals surface area contributed by atoms with E-state index in [0.717, 1.165) is 12.3 Å². The number of benzene rings is 1. The largest absolute Gasteiger partial charge is 0.417 e. The summed E-state index contributed by atoms with van der Waals surface area (Å²) in [6.07, 6.45) is -1.21. The van der Waals surface area contributed by atoms with E-state index in [2.05, 4.69) is 10.3 Å². The van der Waals surface area contributed by atoms with Crippen LogP contribution in [0.15, 0.2) is 41.6 Å². The molecule has 0 aliphatic rings. The Kier molecular flexibility index (Phi) is 4.70. The second-order valence-corrected chi connectivity index (χ2v) is 5.11. The van der Waals surface area contributed by atoms with E-state index in [-0.39, 0.29) is 5.56 Å². The van der Waals surface area contributed by atoms with Gasteiger partial charge in [0.1, 0.15) is 5.82 Å². The highest BCUT2D eigenvalue weighted by atomic mass is 32.2. The SMILES string of the molecule is CSc1cc(F)ccc1NC(=O)c1cncc(C(F)(F)F)c1. The molecule has 1 amide bonds. The number of nitrogens with one attached hydrogen (secondary N) is 1. The van der Waals surface area contributed by atoms with Crippen molar-refractivity contribution >= 4 is 23.4 Å². The number of carbonyl (C=O) groups is 1. The Labute approximate surface area is 127 Å². The summed E-state index contributed by atoms with van der Waals surface area (Å²) in [6.45, 7) is 0. The molecule has 116 valence electrons. The third-order valence-electron chi connectivity index (χ3n) is 2.74. The maximum absolute atomic E-state index is 13.1. The number of hydrogen-bond acceptors (Lipinski definition) is 3. The number of pyridine rings is 1. The molecule has 3 nitrogen and oxygen atoms in total. The predicted octanol–water partition coefficient (Wildman–Crippen LogP) is 4.21. The molecule has 1 aromatic carbocycles. The molecule has 1 heterocycles. The van der Waals surface area contributed by atoms with Crippen LogP contribution in [0.25, 0.3) is 0 Å². The van der Waals surface area contributed by atoms with E-state index >= 15 is 0 Å². The van der Waals surface area contributed by atoms with Gasteiger partial charge in [-0.3, -0.25) is 9.78 Å². The van der Waals surface area contributed by atoms with E-state index in [4.69, 9.17) is 0 Å². The quantitative estimate of drug-likeness (QED) is 0.677. The second-order valence-electron chi connectivity index (χ2n) is 4.26. The average molecular weight is 330 g/mol. The first-order valence-electron chi connectivity index (χ1n) is 5.98. The van der Waals surface area contributed by atoms with Crippen molar-refractivity contribution in [2.45, 2.75) is 11.1 Å². The molecule has 0 spiro atoms. The lowest BCUT2D eigenvalue weighted by atomic mass is 10.2. The molecule has 0 aliphatic carbocycles.